The van der Waals surface area contributed by atoms with Crippen LogP contribution in [0.15, 0.2) is 67.1 Å². The molecule has 0 N–H and O–H groups in total. The van der Waals surface area contributed by atoms with Crippen LogP contribution in [-0.4, -0.2) is 38.7 Å². The zero-order valence-corrected chi connectivity index (χ0v) is 17.3. The summed E-state index contributed by atoms with van der Waals surface area (Å²) < 4.78 is 1.93. The van der Waals surface area contributed by atoms with Gasteiger partial charge in [-0.3, -0.25) is 14.5 Å². The zero-order valence-electron chi connectivity index (χ0n) is 17.3. The van der Waals surface area contributed by atoms with Crippen molar-refractivity contribution in [2.24, 2.45) is 0 Å². The topological polar surface area (TPSA) is 51.0 Å². The highest BCUT2D eigenvalue weighted by atomic mass is 16.2. The summed E-state index contributed by atoms with van der Waals surface area (Å²) in [5.74, 6) is 0.0878. The summed E-state index contributed by atoms with van der Waals surface area (Å²) >= 11 is 0. The lowest BCUT2D eigenvalue weighted by molar-refractivity contribution is -0.126. The van der Waals surface area contributed by atoms with Crippen LogP contribution in [0.2, 0.25) is 0 Å². The van der Waals surface area contributed by atoms with Gasteiger partial charge in [-0.05, 0) is 36.6 Å². The van der Waals surface area contributed by atoms with Crippen molar-refractivity contribution in [2.45, 2.75) is 38.6 Å². The standard InChI is InChI=1S/C25H28N4O/c30-24(28-16-7-2-1-3-8-17-28)14-13-23-20-29(19-21-10-5-4-6-11-21)27-25(23)22-12-9-15-26-18-22/h4-6,9-15,18,20H,1-3,7-8,16-17,19H2/b14-13+. The molecule has 0 aliphatic carbocycles. The van der Waals surface area contributed by atoms with E-state index in [4.69, 9.17) is 5.10 Å². The number of carbonyl (C=O) groups is 1. The van der Waals surface area contributed by atoms with Gasteiger partial charge in [-0.25, -0.2) is 0 Å². The maximum atomic E-state index is 12.8. The van der Waals surface area contributed by atoms with Crippen LogP contribution < -0.4 is 0 Å². The molecule has 3 heterocycles. The lowest BCUT2D eigenvalue weighted by atomic mass is 10.1. The molecule has 3 aromatic rings. The monoisotopic (exact) mass is 400 g/mol. The van der Waals surface area contributed by atoms with Crippen molar-refractivity contribution < 1.29 is 4.79 Å². The molecule has 0 unspecified atom stereocenters. The van der Waals surface area contributed by atoms with Gasteiger partial charge in [0.15, 0.2) is 0 Å². The second kappa shape index (κ2) is 10.0. The van der Waals surface area contributed by atoms with Gasteiger partial charge in [-0.15, -0.1) is 0 Å². The van der Waals surface area contributed by atoms with E-state index in [1.54, 1.807) is 12.3 Å². The lowest BCUT2D eigenvalue weighted by Gasteiger charge is -2.23. The normalized spacial score (nSPS) is 15.1. The predicted molar refractivity (Wildman–Crippen MR) is 120 cm³/mol. The third kappa shape index (κ3) is 5.23. The van der Waals surface area contributed by atoms with E-state index in [0.29, 0.717) is 6.54 Å². The van der Waals surface area contributed by atoms with E-state index in [-0.39, 0.29) is 5.91 Å². The quantitative estimate of drug-likeness (QED) is 0.578. The molecule has 1 aliphatic heterocycles. The number of amides is 1. The summed E-state index contributed by atoms with van der Waals surface area (Å²) in [6.07, 6.45) is 15.1. The third-order valence-electron chi connectivity index (χ3n) is 5.49. The molecule has 154 valence electrons. The van der Waals surface area contributed by atoms with Gasteiger partial charge in [-0.2, -0.15) is 5.10 Å². The van der Waals surface area contributed by atoms with Crippen LogP contribution in [-0.2, 0) is 11.3 Å². The molecular weight excluding hydrogens is 372 g/mol. The molecule has 0 radical (unpaired) electrons. The molecular formula is C25H28N4O. The second-order valence-corrected chi connectivity index (χ2v) is 7.78. The molecule has 0 spiro atoms. The minimum atomic E-state index is 0.0878. The molecule has 1 fully saturated rings. The second-order valence-electron chi connectivity index (χ2n) is 7.78. The Balaban J connectivity index is 1.57. The van der Waals surface area contributed by atoms with Crippen LogP contribution in [0.1, 0.15) is 43.2 Å². The van der Waals surface area contributed by atoms with Crippen LogP contribution in [0.4, 0.5) is 0 Å². The number of carbonyl (C=O) groups excluding carboxylic acids is 1. The summed E-state index contributed by atoms with van der Waals surface area (Å²) in [7, 11) is 0. The van der Waals surface area contributed by atoms with Gasteiger partial charge in [0, 0.05) is 48.9 Å². The van der Waals surface area contributed by atoms with Crippen molar-refractivity contribution in [1.29, 1.82) is 0 Å². The minimum absolute atomic E-state index is 0.0878. The maximum absolute atomic E-state index is 12.8. The number of benzene rings is 1. The molecule has 0 atom stereocenters. The molecule has 5 heteroatoms. The summed E-state index contributed by atoms with van der Waals surface area (Å²) in [6.45, 7) is 2.39. The lowest BCUT2D eigenvalue weighted by Crippen LogP contribution is -2.32. The van der Waals surface area contributed by atoms with Crippen LogP contribution in [0.25, 0.3) is 17.3 Å². The highest BCUT2D eigenvalue weighted by molar-refractivity contribution is 5.92. The Kier molecular flexibility index (Phi) is 6.70. The first-order valence-electron chi connectivity index (χ1n) is 10.8. The van der Waals surface area contributed by atoms with Gasteiger partial charge in [0.2, 0.25) is 5.91 Å². The van der Waals surface area contributed by atoms with Crippen molar-refractivity contribution >= 4 is 12.0 Å². The van der Waals surface area contributed by atoms with E-state index in [1.807, 2.05) is 58.4 Å². The van der Waals surface area contributed by atoms with Crippen molar-refractivity contribution in [1.82, 2.24) is 19.7 Å². The fourth-order valence-corrected chi connectivity index (χ4v) is 3.87. The zero-order chi connectivity index (χ0) is 20.6. The maximum Gasteiger partial charge on any atom is 0.246 e. The van der Waals surface area contributed by atoms with Crippen molar-refractivity contribution in [3.63, 3.8) is 0 Å². The molecule has 5 nitrogen and oxygen atoms in total. The van der Waals surface area contributed by atoms with Gasteiger partial charge < -0.3 is 4.90 Å². The van der Waals surface area contributed by atoms with E-state index in [1.165, 1.54) is 24.8 Å². The average molecular weight is 401 g/mol. The summed E-state index contributed by atoms with van der Waals surface area (Å²) in [5.41, 5.74) is 3.91. The van der Waals surface area contributed by atoms with Crippen LogP contribution in [0.3, 0.4) is 0 Å². The first-order valence-corrected chi connectivity index (χ1v) is 10.8. The average Bonchev–Trinajstić information content (AvgIpc) is 3.16. The van der Waals surface area contributed by atoms with Crippen LogP contribution >= 0.6 is 0 Å². The van der Waals surface area contributed by atoms with Gasteiger partial charge in [0.25, 0.3) is 0 Å². The van der Waals surface area contributed by atoms with E-state index in [2.05, 4.69) is 17.1 Å². The van der Waals surface area contributed by atoms with Crippen LogP contribution in [0.5, 0.6) is 0 Å². The summed E-state index contributed by atoms with van der Waals surface area (Å²) in [5, 5.41) is 4.79. The van der Waals surface area contributed by atoms with Gasteiger partial charge in [0.1, 0.15) is 5.69 Å². The van der Waals surface area contributed by atoms with E-state index >= 15 is 0 Å². The summed E-state index contributed by atoms with van der Waals surface area (Å²) in [4.78, 5) is 19.0. The molecule has 0 saturated carbocycles. The van der Waals surface area contributed by atoms with E-state index < -0.39 is 0 Å². The molecule has 1 aliphatic rings. The van der Waals surface area contributed by atoms with Crippen LogP contribution in [0, 0.1) is 0 Å². The SMILES string of the molecule is O=C(/C=C/c1cn(Cc2ccccc2)nc1-c1cccnc1)N1CCCCCCC1. The first-order chi connectivity index (χ1) is 14.8. The molecule has 1 saturated heterocycles. The Morgan fingerprint density at radius 1 is 0.967 bits per heavy atom. The molecule has 2 aromatic heterocycles. The number of hydrogen-bond donors (Lipinski definition) is 0. The van der Waals surface area contributed by atoms with E-state index in [9.17, 15) is 4.79 Å². The third-order valence-corrected chi connectivity index (χ3v) is 5.49. The minimum Gasteiger partial charge on any atom is -0.339 e. The highest BCUT2D eigenvalue weighted by Gasteiger charge is 2.14. The molecule has 1 amide bonds. The fourth-order valence-electron chi connectivity index (χ4n) is 3.87. The Labute approximate surface area is 178 Å². The first kappa shape index (κ1) is 20.1. The van der Waals surface area contributed by atoms with Crippen molar-refractivity contribution in [3.05, 3.63) is 78.3 Å². The van der Waals surface area contributed by atoms with E-state index in [0.717, 1.165) is 42.8 Å². The Hall–Kier alpha value is -3.21. The Morgan fingerprint density at radius 3 is 2.47 bits per heavy atom. The number of nitrogens with zero attached hydrogens (tertiary/aromatic N) is 4. The number of hydrogen-bond acceptors (Lipinski definition) is 3. The molecule has 4 rings (SSSR count). The van der Waals surface area contributed by atoms with Crippen molar-refractivity contribution in [3.8, 4) is 11.3 Å². The fraction of sp³-hybridized carbons (Fsp3) is 0.320. The number of rotatable bonds is 5. The number of pyridine rings is 1. The number of aromatic nitrogens is 3. The van der Waals surface area contributed by atoms with Crippen molar-refractivity contribution in [2.75, 3.05) is 13.1 Å². The molecule has 30 heavy (non-hydrogen) atoms. The molecule has 1 aromatic carbocycles. The largest absolute Gasteiger partial charge is 0.339 e. The summed E-state index contributed by atoms with van der Waals surface area (Å²) in [6, 6.07) is 14.2. The van der Waals surface area contributed by atoms with Gasteiger partial charge >= 0.3 is 0 Å². The van der Waals surface area contributed by atoms with Gasteiger partial charge in [-0.1, -0.05) is 49.6 Å². The molecule has 0 bridgehead atoms. The predicted octanol–water partition coefficient (Wildman–Crippen LogP) is 4.80. The number of likely N-dealkylation sites (tertiary alicyclic amines) is 1. The highest BCUT2D eigenvalue weighted by Crippen LogP contribution is 2.23. The van der Waals surface area contributed by atoms with Gasteiger partial charge in [0.05, 0.1) is 6.54 Å². The smallest absolute Gasteiger partial charge is 0.246 e. The Bertz CT molecular complexity index is 971. The Morgan fingerprint density at radius 2 is 1.73 bits per heavy atom.